The monoisotopic (exact) mass is 241 g/mol. The first kappa shape index (κ1) is 14.5. The van der Waals surface area contributed by atoms with Gasteiger partial charge < -0.3 is 15.5 Å². The van der Waals surface area contributed by atoms with Crippen LogP contribution in [0.4, 0.5) is 0 Å². The second kappa shape index (κ2) is 7.67. The summed E-state index contributed by atoms with van der Waals surface area (Å²) in [6.07, 6.45) is 4.82. The SMILES string of the molecule is CCN(C)CCNC(C)C(=O)NC1CCCC1. The molecule has 17 heavy (non-hydrogen) atoms. The Morgan fingerprint density at radius 2 is 2.06 bits per heavy atom. The molecule has 0 aliphatic heterocycles. The number of hydrogen-bond acceptors (Lipinski definition) is 3. The maximum absolute atomic E-state index is 11.9. The third kappa shape index (κ3) is 5.50. The van der Waals surface area contributed by atoms with E-state index in [0.29, 0.717) is 6.04 Å². The largest absolute Gasteiger partial charge is 0.352 e. The van der Waals surface area contributed by atoms with Crippen molar-refractivity contribution in [3.8, 4) is 0 Å². The Hall–Kier alpha value is -0.610. The fourth-order valence-electron chi connectivity index (χ4n) is 2.12. The third-order valence-electron chi connectivity index (χ3n) is 3.58. The normalized spacial score (nSPS) is 18.6. The van der Waals surface area contributed by atoms with Gasteiger partial charge in [0.2, 0.25) is 5.91 Å². The summed E-state index contributed by atoms with van der Waals surface area (Å²) in [5.74, 6) is 0.149. The van der Waals surface area contributed by atoms with Crippen molar-refractivity contribution in [2.45, 2.75) is 51.6 Å². The number of rotatable bonds is 7. The summed E-state index contributed by atoms with van der Waals surface area (Å²) in [5, 5.41) is 6.38. The number of nitrogens with zero attached hydrogens (tertiary/aromatic N) is 1. The Morgan fingerprint density at radius 3 is 2.65 bits per heavy atom. The quantitative estimate of drug-likeness (QED) is 0.698. The fraction of sp³-hybridized carbons (Fsp3) is 0.923. The van der Waals surface area contributed by atoms with Crippen LogP contribution in [0.25, 0.3) is 0 Å². The molecule has 4 heteroatoms. The Kier molecular flexibility index (Phi) is 6.52. The van der Waals surface area contributed by atoms with E-state index in [-0.39, 0.29) is 11.9 Å². The van der Waals surface area contributed by atoms with Crippen molar-refractivity contribution in [3.05, 3.63) is 0 Å². The van der Waals surface area contributed by atoms with Crippen molar-refractivity contribution in [3.63, 3.8) is 0 Å². The lowest BCUT2D eigenvalue weighted by Crippen LogP contribution is -2.47. The number of hydrogen-bond donors (Lipinski definition) is 2. The molecule has 0 aromatic rings. The molecule has 1 aliphatic carbocycles. The molecule has 100 valence electrons. The predicted molar refractivity (Wildman–Crippen MR) is 71.0 cm³/mol. The van der Waals surface area contributed by atoms with Crippen molar-refractivity contribution >= 4 is 5.91 Å². The van der Waals surface area contributed by atoms with Gasteiger partial charge in [-0.05, 0) is 33.4 Å². The Balaban J connectivity index is 2.13. The molecule has 1 aliphatic rings. The van der Waals surface area contributed by atoms with Crippen LogP contribution in [0.5, 0.6) is 0 Å². The van der Waals surface area contributed by atoms with Gasteiger partial charge in [-0.15, -0.1) is 0 Å². The first-order chi connectivity index (χ1) is 8.13. The number of carbonyl (C=O) groups excluding carboxylic acids is 1. The molecule has 0 spiro atoms. The van der Waals surface area contributed by atoms with E-state index in [1.54, 1.807) is 0 Å². The lowest BCUT2D eigenvalue weighted by molar-refractivity contribution is -0.123. The highest BCUT2D eigenvalue weighted by Gasteiger charge is 2.20. The van der Waals surface area contributed by atoms with E-state index >= 15 is 0 Å². The molecular weight excluding hydrogens is 214 g/mol. The third-order valence-corrected chi connectivity index (χ3v) is 3.58. The molecule has 1 fully saturated rings. The van der Waals surface area contributed by atoms with E-state index in [0.717, 1.165) is 32.5 Å². The van der Waals surface area contributed by atoms with Crippen molar-refractivity contribution in [1.29, 1.82) is 0 Å². The van der Waals surface area contributed by atoms with Crippen molar-refractivity contribution in [2.75, 3.05) is 26.7 Å². The molecule has 1 unspecified atom stereocenters. The molecule has 0 radical (unpaired) electrons. The fourth-order valence-corrected chi connectivity index (χ4v) is 2.12. The Labute approximate surface area is 105 Å². The van der Waals surface area contributed by atoms with Crippen LogP contribution in [-0.2, 0) is 4.79 Å². The maximum Gasteiger partial charge on any atom is 0.237 e. The summed E-state index contributed by atoms with van der Waals surface area (Å²) < 4.78 is 0. The standard InChI is InChI=1S/C13H27N3O/c1-4-16(3)10-9-14-11(2)13(17)15-12-7-5-6-8-12/h11-12,14H,4-10H2,1-3H3,(H,15,17). The summed E-state index contributed by atoms with van der Waals surface area (Å²) in [7, 11) is 2.09. The topological polar surface area (TPSA) is 44.4 Å². The van der Waals surface area contributed by atoms with Crippen LogP contribution in [0.15, 0.2) is 0 Å². The molecule has 0 heterocycles. The summed E-state index contributed by atoms with van der Waals surface area (Å²) >= 11 is 0. The molecular formula is C13H27N3O. The molecule has 1 saturated carbocycles. The zero-order chi connectivity index (χ0) is 12.7. The smallest absolute Gasteiger partial charge is 0.237 e. The molecule has 4 nitrogen and oxygen atoms in total. The van der Waals surface area contributed by atoms with Crippen LogP contribution < -0.4 is 10.6 Å². The minimum absolute atomic E-state index is 0.0825. The molecule has 0 aromatic heterocycles. The van der Waals surface area contributed by atoms with Crippen molar-refractivity contribution < 1.29 is 4.79 Å². The van der Waals surface area contributed by atoms with Crippen LogP contribution in [-0.4, -0.2) is 49.6 Å². The van der Waals surface area contributed by atoms with Crippen LogP contribution >= 0.6 is 0 Å². The zero-order valence-electron chi connectivity index (χ0n) is 11.5. The Morgan fingerprint density at radius 1 is 1.41 bits per heavy atom. The molecule has 1 amide bonds. The first-order valence-corrected chi connectivity index (χ1v) is 6.85. The average Bonchev–Trinajstić information content (AvgIpc) is 2.81. The van der Waals surface area contributed by atoms with Crippen LogP contribution in [0.3, 0.4) is 0 Å². The van der Waals surface area contributed by atoms with E-state index in [1.165, 1.54) is 12.8 Å². The highest BCUT2D eigenvalue weighted by molar-refractivity contribution is 5.81. The van der Waals surface area contributed by atoms with E-state index in [9.17, 15) is 4.79 Å². The van der Waals surface area contributed by atoms with Crippen molar-refractivity contribution in [2.24, 2.45) is 0 Å². The van der Waals surface area contributed by atoms with Gasteiger partial charge in [0.25, 0.3) is 0 Å². The van der Waals surface area contributed by atoms with Crippen molar-refractivity contribution in [1.82, 2.24) is 15.5 Å². The summed E-state index contributed by atoms with van der Waals surface area (Å²) in [6, 6.07) is 0.339. The lowest BCUT2D eigenvalue weighted by Gasteiger charge is -2.19. The van der Waals surface area contributed by atoms with E-state index in [4.69, 9.17) is 0 Å². The van der Waals surface area contributed by atoms with Crippen LogP contribution in [0.1, 0.15) is 39.5 Å². The van der Waals surface area contributed by atoms with Crippen LogP contribution in [0.2, 0.25) is 0 Å². The summed E-state index contributed by atoms with van der Waals surface area (Å²) in [4.78, 5) is 14.1. The summed E-state index contributed by atoms with van der Waals surface area (Å²) in [6.45, 7) is 6.97. The molecule has 0 bridgehead atoms. The van der Waals surface area contributed by atoms with Gasteiger partial charge in [-0.3, -0.25) is 4.79 Å². The molecule has 0 aromatic carbocycles. The van der Waals surface area contributed by atoms with Gasteiger partial charge in [-0.2, -0.15) is 0 Å². The minimum Gasteiger partial charge on any atom is -0.352 e. The molecule has 0 saturated heterocycles. The number of likely N-dealkylation sites (N-methyl/N-ethyl adjacent to an activating group) is 1. The molecule has 2 N–H and O–H groups in total. The number of nitrogens with one attached hydrogen (secondary N) is 2. The highest BCUT2D eigenvalue weighted by atomic mass is 16.2. The van der Waals surface area contributed by atoms with Gasteiger partial charge in [0, 0.05) is 19.1 Å². The number of carbonyl (C=O) groups is 1. The van der Waals surface area contributed by atoms with E-state index < -0.39 is 0 Å². The average molecular weight is 241 g/mol. The first-order valence-electron chi connectivity index (χ1n) is 6.85. The summed E-state index contributed by atoms with van der Waals surface area (Å²) in [5.41, 5.74) is 0. The van der Waals surface area contributed by atoms with Gasteiger partial charge >= 0.3 is 0 Å². The molecule has 1 atom stereocenters. The van der Waals surface area contributed by atoms with Gasteiger partial charge in [0.05, 0.1) is 6.04 Å². The van der Waals surface area contributed by atoms with Gasteiger partial charge in [0.15, 0.2) is 0 Å². The van der Waals surface area contributed by atoms with E-state index in [2.05, 4.69) is 29.5 Å². The van der Waals surface area contributed by atoms with Gasteiger partial charge in [0.1, 0.15) is 0 Å². The molecule has 1 rings (SSSR count). The van der Waals surface area contributed by atoms with Crippen LogP contribution in [0, 0.1) is 0 Å². The predicted octanol–water partition coefficient (Wildman–Crippen LogP) is 0.975. The zero-order valence-corrected chi connectivity index (χ0v) is 11.5. The maximum atomic E-state index is 11.9. The number of amides is 1. The Bertz CT molecular complexity index is 227. The van der Waals surface area contributed by atoms with E-state index in [1.807, 2.05) is 6.92 Å². The minimum atomic E-state index is -0.0825. The highest BCUT2D eigenvalue weighted by Crippen LogP contribution is 2.17. The van der Waals surface area contributed by atoms with Gasteiger partial charge in [-0.1, -0.05) is 19.8 Å². The second-order valence-corrected chi connectivity index (χ2v) is 5.06. The second-order valence-electron chi connectivity index (χ2n) is 5.06. The van der Waals surface area contributed by atoms with Gasteiger partial charge in [-0.25, -0.2) is 0 Å². The lowest BCUT2D eigenvalue weighted by atomic mass is 10.2.